The molecule has 100 valence electrons. The maximum atomic E-state index is 4.28. The van der Waals surface area contributed by atoms with E-state index < -0.39 is 0 Å². The van der Waals surface area contributed by atoms with E-state index in [2.05, 4.69) is 38.8 Å². The van der Waals surface area contributed by atoms with Gasteiger partial charge in [-0.2, -0.15) is 0 Å². The molecule has 0 aromatic carbocycles. The number of thiazole rings is 1. The first-order valence-electron chi connectivity index (χ1n) is 6.67. The van der Waals surface area contributed by atoms with Gasteiger partial charge in [-0.25, -0.2) is 4.98 Å². The Morgan fingerprint density at radius 2 is 2.17 bits per heavy atom. The van der Waals surface area contributed by atoms with Crippen LogP contribution in [0.3, 0.4) is 0 Å². The Balaban J connectivity index is 1.68. The Morgan fingerprint density at radius 1 is 1.33 bits per heavy atom. The van der Waals surface area contributed by atoms with Crippen molar-refractivity contribution < 1.29 is 0 Å². The monoisotopic (exact) mass is 266 g/mol. The molecular weight excluding hydrogens is 244 g/mol. The molecule has 2 aromatic heterocycles. The van der Waals surface area contributed by atoms with Crippen molar-refractivity contribution in [2.75, 3.05) is 32.7 Å². The molecule has 0 atom stereocenters. The molecule has 1 N–H and O–H groups in total. The van der Waals surface area contributed by atoms with E-state index in [1.807, 2.05) is 12.4 Å². The van der Waals surface area contributed by atoms with Gasteiger partial charge < -0.3 is 10.2 Å². The molecule has 0 radical (unpaired) electrons. The van der Waals surface area contributed by atoms with Crippen LogP contribution in [-0.4, -0.2) is 47.0 Å². The smallest absolute Gasteiger partial charge is 0.193 e. The standard InChI is InChI=1S/C13H22N4S/c1-3-16(4-2)9-7-14-6-5-12-11-18-13-15-8-10-17(12)13/h8,10-11,14H,3-7,9H2,1-2H3. The van der Waals surface area contributed by atoms with Gasteiger partial charge in [-0.3, -0.25) is 4.40 Å². The fraction of sp³-hybridized carbons (Fsp3) is 0.615. The minimum Gasteiger partial charge on any atom is -0.315 e. The number of rotatable bonds is 8. The molecule has 18 heavy (non-hydrogen) atoms. The van der Waals surface area contributed by atoms with Gasteiger partial charge >= 0.3 is 0 Å². The molecule has 5 heteroatoms. The van der Waals surface area contributed by atoms with Crippen molar-refractivity contribution in [3.05, 3.63) is 23.5 Å². The Labute approximate surface area is 113 Å². The lowest BCUT2D eigenvalue weighted by Gasteiger charge is -2.17. The van der Waals surface area contributed by atoms with Gasteiger partial charge in [0.2, 0.25) is 0 Å². The van der Waals surface area contributed by atoms with Crippen molar-refractivity contribution in [2.24, 2.45) is 0 Å². The van der Waals surface area contributed by atoms with E-state index in [0.29, 0.717) is 0 Å². The molecule has 2 rings (SSSR count). The lowest BCUT2D eigenvalue weighted by atomic mass is 10.3. The van der Waals surface area contributed by atoms with E-state index in [0.717, 1.165) is 44.1 Å². The van der Waals surface area contributed by atoms with Gasteiger partial charge in [-0.05, 0) is 13.1 Å². The summed E-state index contributed by atoms with van der Waals surface area (Å²) in [7, 11) is 0. The largest absolute Gasteiger partial charge is 0.315 e. The Bertz CT molecular complexity index is 458. The van der Waals surface area contributed by atoms with Crippen LogP contribution < -0.4 is 5.32 Å². The highest BCUT2D eigenvalue weighted by atomic mass is 32.1. The Hall–Kier alpha value is -0.910. The number of aromatic nitrogens is 2. The summed E-state index contributed by atoms with van der Waals surface area (Å²) in [6.45, 7) is 9.94. The van der Waals surface area contributed by atoms with E-state index in [1.54, 1.807) is 11.3 Å². The third-order valence-corrected chi connectivity index (χ3v) is 4.18. The van der Waals surface area contributed by atoms with Crippen molar-refractivity contribution in [2.45, 2.75) is 20.3 Å². The third kappa shape index (κ3) is 3.31. The number of nitrogens with one attached hydrogen (secondary N) is 1. The molecule has 4 nitrogen and oxygen atoms in total. The van der Waals surface area contributed by atoms with Gasteiger partial charge in [0.15, 0.2) is 4.96 Å². The first kappa shape index (κ1) is 13.5. The average Bonchev–Trinajstić information content (AvgIpc) is 2.98. The van der Waals surface area contributed by atoms with Gasteiger partial charge in [0.1, 0.15) is 0 Å². The van der Waals surface area contributed by atoms with Gasteiger partial charge in [0.05, 0.1) is 0 Å². The number of imidazole rings is 1. The summed E-state index contributed by atoms with van der Waals surface area (Å²) in [5.74, 6) is 0. The van der Waals surface area contributed by atoms with Crippen molar-refractivity contribution in [1.82, 2.24) is 19.6 Å². The molecule has 0 aliphatic heterocycles. The molecule has 0 aliphatic carbocycles. The van der Waals surface area contributed by atoms with E-state index >= 15 is 0 Å². The van der Waals surface area contributed by atoms with Crippen molar-refractivity contribution >= 4 is 16.3 Å². The predicted octanol–water partition coefficient (Wildman–Crippen LogP) is 1.87. The maximum absolute atomic E-state index is 4.28. The zero-order chi connectivity index (χ0) is 12.8. The third-order valence-electron chi connectivity index (χ3n) is 3.27. The van der Waals surface area contributed by atoms with E-state index in [4.69, 9.17) is 0 Å². The van der Waals surface area contributed by atoms with Gasteiger partial charge in [0, 0.05) is 49.5 Å². The Kier molecular flexibility index (Phi) is 5.16. The summed E-state index contributed by atoms with van der Waals surface area (Å²) in [5, 5.41) is 5.71. The van der Waals surface area contributed by atoms with E-state index in [1.165, 1.54) is 5.69 Å². The van der Waals surface area contributed by atoms with Crippen molar-refractivity contribution in [3.8, 4) is 0 Å². The van der Waals surface area contributed by atoms with E-state index in [-0.39, 0.29) is 0 Å². The molecule has 0 saturated carbocycles. The highest BCUT2D eigenvalue weighted by molar-refractivity contribution is 7.15. The predicted molar refractivity (Wildman–Crippen MR) is 77.4 cm³/mol. The van der Waals surface area contributed by atoms with Crippen LogP contribution in [0.15, 0.2) is 17.8 Å². The van der Waals surface area contributed by atoms with Gasteiger partial charge in [0.25, 0.3) is 0 Å². The van der Waals surface area contributed by atoms with Crippen molar-refractivity contribution in [1.29, 1.82) is 0 Å². The minimum atomic E-state index is 1.03. The lowest BCUT2D eigenvalue weighted by molar-refractivity contribution is 0.303. The number of likely N-dealkylation sites (N-methyl/N-ethyl adjacent to an activating group) is 1. The van der Waals surface area contributed by atoms with Crippen LogP contribution in [0.5, 0.6) is 0 Å². The Morgan fingerprint density at radius 3 is 2.94 bits per heavy atom. The van der Waals surface area contributed by atoms with Gasteiger partial charge in [-0.1, -0.05) is 13.8 Å². The maximum Gasteiger partial charge on any atom is 0.193 e. The van der Waals surface area contributed by atoms with Crippen molar-refractivity contribution in [3.63, 3.8) is 0 Å². The number of hydrogen-bond donors (Lipinski definition) is 1. The molecular formula is C13H22N4S. The summed E-state index contributed by atoms with van der Waals surface area (Å²) < 4.78 is 2.18. The molecule has 0 amide bonds. The zero-order valence-corrected chi connectivity index (χ0v) is 12.0. The molecule has 2 heterocycles. The summed E-state index contributed by atoms with van der Waals surface area (Å²) in [6.07, 6.45) is 4.97. The van der Waals surface area contributed by atoms with Crippen LogP contribution in [0.2, 0.25) is 0 Å². The first-order chi connectivity index (χ1) is 8.85. The second kappa shape index (κ2) is 6.87. The average molecular weight is 266 g/mol. The normalized spacial score (nSPS) is 11.7. The molecule has 0 spiro atoms. The quantitative estimate of drug-likeness (QED) is 0.740. The zero-order valence-electron chi connectivity index (χ0n) is 11.2. The fourth-order valence-corrected chi connectivity index (χ4v) is 2.96. The molecule has 0 saturated heterocycles. The minimum absolute atomic E-state index is 1.03. The second-order valence-corrected chi connectivity index (χ2v) is 5.17. The molecule has 2 aromatic rings. The number of fused-ring (bicyclic) bond motifs is 1. The fourth-order valence-electron chi connectivity index (χ4n) is 2.07. The van der Waals surface area contributed by atoms with Crippen LogP contribution in [0.1, 0.15) is 19.5 Å². The molecule has 0 unspecified atom stereocenters. The lowest BCUT2D eigenvalue weighted by Crippen LogP contribution is -2.32. The summed E-state index contributed by atoms with van der Waals surface area (Å²) in [5.41, 5.74) is 1.35. The molecule has 0 bridgehead atoms. The van der Waals surface area contributed by atoms with Crippen LogP contribution in [0.25, 0.3) is 4.96 Å². The topological polar surface area (TPSA) is 32.6 Å². The summed E-state index contributed by atoms with van der Waals surface area (Å²) in [4.78, 5) is 7.81. The summed E-state index contributed by atoms with van der Waals surface area (Å²) >= 11 is 1.71. The highest BCUT2D eigenvalue weighted by Crippen LogP contribution is 2.14. The molecule has 0 aliphatic rings. The second-order valence-electron chi connectivity index (χ2n) is 4.33. The number of hydrogen-bond acceptors (Lipinski definition) is 4. The SMILES string of the molecule is CCN(CC)CCNCCc1csc2nccn12. The van der Waals surface area contributed by atoms with Gasteiger partial charge in [-0.15, -0.1) is 11.3 Å². The van der Waals surface area contributed by atoms with Crippen LogP contribution in [0.4, 0.5) is 0 Å². The van der Waals surface area contributed by atoms with Crippen LogP contribution >= 0.6 is 11.3 Å². The number of nitrogens with zero attached hydrogens (tertiary/aromatic N) is 3. The molecule has 0 fully saturated rings. The highest BCUT2D eigenvalue weighted by Gasteiger charge is 2.03. The van der Waals surface area contributed by atoms with Crippen LogP contribution in [0, 0.1) is 0 Å². The van der Waals surface area contributed by atoms with Crippen LogP contribution in [-0.2, 0) is 6.42 Å². The first-order valence-corrected chi connectivity index (χ1v) is 7.55. The van der Waals surface area contributed by atoms with E-state index in [9.17, 15) is 0 Å². The summed E-state index contributed by atoms with van der Waals surface area (Å²) in [6, 6.07) is 0.